The molecule has 0 aliphatic carbocycles. The molecule has 1 fully saturated rings. The van der Waals surface area contributed by atoms with E-state index in [-0.39, 0.29) is 5.91 Å². The number of carbonyl (C=O) groups is 1. The average molecular weight is 332 g/mol. The zero-order chi connectivity index (χ0) is 13.1. The van der Waals surface area contributed by atoms with Crippen molar-refractivity contribution >= 4 is 33.4 Å². The molecule has 98 valence electrons. The summed E-state index contributed by atoms with van der Waals surface area (Å²) < 4.78 is 0.889. The van der Waals surface area contributed by atoms with Crippen molar-refractivity contribution < 1.29 is 4.79 Å². The van der Waals surface area contributed by atoms with Crippen molar-refractivity contribution in [2.24, 2.45) is 0 Å². The molecule has 0 saturated carbocycles. The van der Waals surface area contributed by atoms with Gasteiger partial charge < -0.3 is 9.80 Å². The second-order valence-corrected chi connectivity index (χ2v) is 5.90. The molecular formula is C13H16BrClN2O. The van der Waals surface area contributed by atoms with Crippen molar-refractivity contribution in [3.8, 4) is 0 Å². The molecule has 0 radical (unpaired) electrons. The van der Waals surface area contributed by atoms with Crippen LogP contribution in [0.5, 0.6) is 0 Å². The summed E-state index contributed by atoms with van der Waals surface area (Å²) >= 11 is 9.47. The predicted molar refractivity (Wildman–Crippen MR) is 77.2 cm³/mol. The Morgan fingerprint density at radius 3 is 2.78 bits per heavy atom. The van der Waals surface area contributed by atoms with Gasteiger partial charge >= 0.3 is 0 Å². The number of carbonyl (C=O) groups excluding carboxylic acids is 1. The fraction of sp³-hybridized carbons (Fsp3) is 0.462. The zero-order valence-electron chi connectivity index (χ0n) is 10.3. The number of hydrogen-bond donors (Lipinski definition) is 0. The van der Waals surface area contributed by atoms with Crippen LogP contribution in [-0.4, -0.2) is 48.9 Å². The Labute approximate surface area is 121 Å². The van der Waals surface area contributed by atoms with Crippen LogP contribution in [0.4, 0.5) is 0 Å². The van der Waals surface area contributed by atoms with Gasteiger partial charge in [0.05, 0.1) is 10.6 Å². The maximum Gasteiger partial charge on any atom is 0.255 e. The minimum atomic E-state index is 0.0304. The maximum absolute atomic E-state index is 12.4. The molecule has 0 bridgehead atoms. The first-order valence-electron chi connectivity index (χ1n) is 6.01. The van der Waals surface area contributed by atoms with E-state index in [2.05, 4.69) is 27.9 Å². The van der Waals surface area contributed by atoms with Crippen LogP contribution in [-0.2, 0) is 0 Å². The van der Waals surface area contributed by atoms with Gasteiger partial charge in [-0.1, -0.05) is 27.5 Å². The quantitative estimate of drug-likeness (QED) is 0.790. The highest BCUT2D eigenvalue weighted by Gasteiger charge is 2.20. The molecule has 1 aliphatic heterocycles. The first-order chi connectivity index (χ1) is 8.58. The lowest BCUT2D eigenvalue weighted by molar-refractivity contribution is 0.0763. The van der Waals surface area contributed by atoms with E-state index in [4.69, 9.17) is 11.6 Å². The Bertz CT molecular complexity index is 453. The molecule has 1 aliphatic rings. The lowest BCUT2D eigenvalue weighted by Gasteiger charge is -2.21. The van der Waals surface area contributed by atoms with Crippen molar-refractivity contribution in [2.75, 3.05) is 33.2 Å². The highest BCUT2D eigenvalue weighted by atomic mass is 79.9. The van der Waals surface area contributed by atoms with Crippen LogP contribution in [0.2, 0.25) is 5.02 Å². The van der Waals surface area contributed by atoms with E-state index in [0.29, 0.717) is 10.6 Å². The van der Waals surface area contributed by atoms with Gasteiger partial charge in [-0.25, -0.2) is 0 Å². The Kier molecular flexibility index (Phi) is 4.65. The molecule has 0 N–H and O–H groups in total. The molecule has 1 heterocycles. The van der Waals surface area contributed by atoms with Crippen LogP contribution in [0.25, 0.3) is 0 Å². The monoisotopic (exact) mass is 330 g/mol. The summed E-state index contributed by atoms with van der Waals surface area (Å²) in [5, 5.41) is 0.506. The highest BCUT2D eigenvalue weighted by molar-refractivity contribution is 9.10. The minimum absolute atomic E-state index is 0.0304. The van der Waals surface area contributed by atoms with Crippen LogP contribution in [0.1, 0.15) is 16.8 Å². The summed E-state index contributed by atoms with van der Waals surface area (Å²) in [6.45, 7) is 3.52. The normalized spacial score (nSPS) is 17.6. The van der Waals surface area contributed by atoms with E-state index in [0.717, 1.165) is 37.1 Å². The second kappa shape index (κ2) is 6.04. The number of likely N-dealkylation sites (N-methyl/N-ethyl adjacent to an activating group) is 1. The van der Waals surface area contributed by atoms with Crippen molar-refractivity contribution in [1.29, 1.82) is 0 Å². The Balaban J connectivity index is 2.15. The maximum atomic E-state index is 12.4. The van der Waals surface area contributed by atoms with Gasteiger partial charge in [0.25, 0.3) is 5.91 Å². The molecular weight excluding hydrogens is 316 g/mol. The van der Waals surface area contributed by atoms with E-state index >= 15 is 0 Å². The lowest BCUT2D eigenvalue weighted by atomic mass is 10.2. The van der Waals surface area contributed by atoms with E-state index in [1.807, 2.05) is 11.0 Å². The number of halogens is 2. The van der Waals surface area contributed by atoms with Gasteiger partial charge in [-0.3, -0.25) is 4.79 Å². The molecule has 5 heteroatoms. The van der Waals surface area contributed by atoms with E-state index in [9.17, 15) is 4.79 Å². The Morgan fingerprint density at radius 1 is 1.28 bits per heavy atom. The fourth-order valence-corrected chi connectivity index (χ4v) is 2.84. The summed E-state index contributed by atoms with van der Waals surface area (Å²) in [6.07, 6.45) is 1.01. The van der Waals surface area contributed by atoms with Crippen molar-refractivity contribution in [3.63, 3.8) is 0 Å². The number of nitrogens with zero attached hydrogens (tertiary/aromatic N) is 2. The van der Waals surface area contributed by atoms with E-state index in [1.54, 1.807) is 12.1 Å². The number of benzene rings is 1. The molecule has 2 rings (SSSR count). The summed E-state index contributed by atoms with van der Waals surface area (Å²) in [5.74, 6) is 0.0304. The molecule has 0 atom stereocenters. The van der Waals surface area contributed by atoms with Gasteiger partial charge in [-0.05, 0) is 38.2 Å². The SMILES string of the molecule is CN1CCCN(C(=O)c2ccc(Br)cc2Cl)CC1. The molecule has 1 saturated heterocycles. The van der Waals surface area contributed by atoms with Gasteiger partial charge in [0.2, 0.25) is 0 Å². The standard InChI is InChI=1S/C13H16BrClN2O/c1-16-5-2-6-17(8-7-16)13(18)11-4-3-10(14)9-12(11)15/h3-4,9H,2,5-8H2,1H3. The third kappa shape index (κ3) is 3.25. The van der Waals surface area contributed by atoms with Gasteiger partial charge in [0.1, 0.15) is 0 Å². The zero-order valence-corrected chi connectivity index (χ0v) is 12.7. The molecule has 1 amide bonds. The average Bonchev–Trinajstić information content (AvgIpc) is 2.53. The van der Waals surface area contributed by atoms with Crippen LogP contribution < -0.4 is 0 Å². The van der Waals surface area contributed by atoms with Gasteiger partial charge in [0.15, 0.2) is 0 Å². The Hall–Kier alpha value is -0.580. The summed E-state index contributed by atoms with van der Waals surface area (Å²) in [7, 11) is 2.08. The molecule has 1 aromatic carbocycles. The molecule has 1 aromatic rings. The number of hydrogen-bond acceptors (Lipinski definition) is 2. The first-order valence-corrected chi connectivity index (χ1v) is 7.18. The first kappa shape index (κ1) is 13.8. The smallest absolute Gasteiger partial charge is 0.255 e. The van der Waals surface area contributed by atoms with Crippen molar-refractivity contribution in [2.45, 2.75) is 6.42 Å². The molecule has 18 heavy (non-hydrogen) atoms. The van der Waals surface area contributed by atoms with Crippen LogP contribution >= 0.6 is 27.5 Å². The largest absolute Gasteiger partial charge is 0.337 e. The predicted octanol–water partition coefficient (Wildman–Crippen LogP) is 2.88. The van der Waals surface area contributed by atoms with Crippen molar-refractivity contribution in [3.05, 3.63) is 33.3 Å². The minimum Gasteiger partial charge on any atom is -0.337 e. The molecule has 0 spiro atoms. The van der Waals surface area contributed by atoms with Crippen molar-refractivity contribution in [1.82, 2.24) is 9.80 Å². The Morgan fingerprint density at radius 2 is 2.06 bits per heavy atom. The summed E-state index contributed by atoms with van der Waals surface area (Å²) in [4.78, 5) is 16.5. The van der Waals surface area contributed by atoms with Crippen LogP contribution in [0.3, 0.4) is 0 Å². The van der Waals surface area contributed by atoms with Crippen LogP contribution in [0, 0.1) is 0 Å². The molecule has 0 unspecified atom stereocenters. The number of amides is 1. The molecule has 3 nitrogen and oxygen atoms in total. The summed E-state index contributed by atoms with van der Waals surface area (Å²) in [5.41, 5.74) is 0.587. The third-order valence-electron chi connectivity index (χ3n) is 3.17. The lowest BCUT2D eigenvalue weighted by Crippen LogP contribution is -2.34. The summed E-state index contributed by atoms with van der Waals surface area (Å²) in [6, 6.07) is 5.39. The van der Waals surface area contributed by atoms with Gasteiger partial charge in [0, 0.05) is 24.1 Å². The number of rotatable bonds is 1. The fourth-order valence-electron chi connectivity index (χ4n) is 2.08. The van der Waals surface area contributed by atoms with Crippen LogP contribution in [0.15, 0.2) is 22.7 Å². The molecule has 0 aromatic heterocycles. The van der Waals surface area contributed by atoms with Gasteiger partial charge in [-0.15, -0.1) is 0 Å². The topological polar surface area (TPSA) is 23.6 Å². The highest BCUT2D eigenvalue weighted by Crippen LogP contribution is 2.23. The second-order valence-electron chi connectivity index (χ2n) is 4.57. The van der Waals surface area contributed by atoms with E-state index < -0.39 is 0 Å². The van der Waals surface area contributed by atoms with E-state index in [1.165, 1.54) is 0 Å². The van der Waals surface area contributed by atoms with Gasteiger partial charge in [-0.2, -0.15) is 0 Å². The third-order valence-corrected chi connectivity index (χ3v) is 3.97.